The van der Waals surface area contributed by atoms with Crippen molar-refractivity contribution in [1.82, 2.24) is 19.5 Å². The average molecular weight is 375 g/mol. The maximum atomic E-state index is 10.2. The van der Waals surface area contributed by atoms with E-state index in [9.17, 15) is 10.2 Å². The molecule has 4 rings (SSSR count). The molecule has 0 spiro atoms. The van der Waals surface area contributed by atoms with Crippen LogP contribution in [0.4, 0.5) is 5.82 Å². The van der Waals surface area contributed by atoms with Gasteiger partial charge in [0.05, 0.1) is 19.0 Å². The molecule has 3 atom stereocenters. The molecule has 3 aromatic heterocycles. The zero-order valence-electron chi connectivity index (χ0n) is 14.4. The molecule has 0 radical (unpaired) electrons. The Morgan fingerprint density at radius 3 is 2.96 bits per heavy atom. The number of fused-ring (bicyclic) bond motifs is 1. The summed E-state index contributed by atoms with van der Waals surface area (Å²) in [6, 6.07) is 4.26. The SMILES string of the molecule is Cc1ccc(CCNc2ncnc3c2ncn3[C@@H]2O[C@H](CO)CC2O)s1. The number of hydrogen-bond donors (Lipinski definition) is 3. The minimum Gasteiger partial charge on any atom is -0.394 e. The van der Waals surface area contributed by atoms with E-state index in [2.05, 4.69) is 39.3 Å². The first-order valence-electron chi connectivity index (χ1n) is 8.57. The molecule has 9 heteroatoms. The van der Waals surface area contributed by atoms with Gasteiger partial charge >= 0.3 is 0 Å². The lowest BCUT2D eigenvalue weighted by Gasteiger charge is -2.16. The van der Waals surface area contributed by atoms with Crippen LogP contribution in [0.2, 0.25) is 0 Å². The minimum atomic E-state index is -0.710. The monoisotopic (exact) mass is 375 g/mol. The van der Waals surface area contributed by atoms with Crippen molar-refractivity contribution in [2.45, 2.75) is 38.2 Å². The number of nitrogens with one attached hydrogen (secondary N) is 1. The van der Waals surface area contributed by atoms with Gasteiger partial charge in [0, 0.05) is 22.7 Å². The van der Waals surface area contributed by atoms with Crippen LogP contribution in [0.1, 0.15) is 22.4 Å². The third-order valence-corrected chi connectivity index (χ3v) is 5.52. The van der Waals surface area contributed by atoms with Gasteiger partial charge in [-0.15, -0.1) is 11.3 Å². The van der Waals surface area contributed by atoms with Crippen molar-refractivity contribution >= 4 is 28.3 Å². The van der Waals surface area contributed by atoms with E-state index in [1.165, 1.54) is 16.1 Å². The zero-order chi connectivity index (χ0) is 18.1. The number of ether oxygens (including phenoxy) is 1. The molecule has 4 heterocycles. The molecule has 1 fully saturated rings. The van der Waals surface area contributed by atoms with Gasteiger partial charge in [-0.25, -0.2) is 15.0 Å². The van der Waals surface area contributed by atoms with Gasteiger partial charge in [0.25, 0.3) is 0 Å². The van der Waals surface area contributed by atoms with Crippen molar-refractivity contribution in [3.63, 3.8) is 0 Å². The first kappa shape index (κ1) is 17.3. The highest BCUT2D eigenvalue weighted by molar-refractivity contribution is 7.11. The summed E-state index contributed by atoms with van der Waals surface area (Å²) < 4.78 is 7.40. The highest BCUT2D eigenvalue weighted by Crippen LogP contribution is 2.31. The first-order chi connectivity index (χ1) is 12.7. The van der Waals surface area contributed by atoms with E-state index >= 15 is 0 Å². The Bertz CT molecular complexity index is 896. The molecule has 1 saturated heterocycles. The van der Waals surface area contributed by atoms with E-state index in [0.29, 0.717) is 23.4 Å². The molecular formula is C17H21N5O3S. The standard InChI is InChI=1S/C17H21N5O3S/c1-10-2-3-12(26-10)4-5-18-15-14-16(20-8-19-15)22(9-21-14)17-13(24)6-11(7-23)25-17/h2-3,8-9,11,13,17,23-24H,4-7H2,1H3,(H,18,19,20)/t11-,13?,17+/m0/s1. The van der Waals surface area contributed by atoms with Crippen molar-refractivity contribution in [1.29, 1.82) is 0 Å². The average Bonchev–Trinajstić information content (AvgIpc) is 3.33. The molecule has 1 aliphatic heterocycles. The Kier molecular flexibility index (Phi) is 4.86. The van der Waals surface area contributed by atoms with Crippen molar-refractivity contribution in [3.05, 3.63) is 34.5 Å². The van der Waals surface area contributed by atoms with Gasteiger partial charge in [0.2, 0.25) is 0 Å². The second-order valence-electron chi connectivity index (χ2n) is 6.37. The Labute approximate surface area is 154 Å². The fourth-order valence-corrected chi connectivity index (χ4v) is 4.08. The predicted octanol–water partition coefficient (Wildman–Crippen LogP) is 1.49. The molecular weight excluding hydrogens is 354 g/mol. The number of aryl methyl sites for hydroxylation is 1. The molecule has 1 unspecified atom stereocenters. The largest absolute Gasteiger partial charge is 0.394 e. The first-order valence-corrected chi connectivity index (χ1v) is 9.38. The van der Waals surface area contributed by atoms with E-state index in [1.54, 1.807) is 22.2 Å². The van der Waals surface area contributed by atoms with Crippen LogP contribution in [0.15, 0.2) is 24.8 Å². The molecule has 0 aromatic carbocycles. The maximum Gasteiger partial charge on any atom is 0.167 e. The van der Waals surface area contributed by atoms with Gasteiger partial charge in [0.1, 0.15) is 12.4 Å². The molecule has 3 N–H and O–H groups in total. The van der Waals surface area contributed by atoms with Crippen LogP contribution in [-0.4, -0.2) is 55.1 Å². The van der Waals surface area contributed by atoms with Crippen LogP contribution in [0.3, 0.4) is 0 Å². The van der Waals surface area contributed by atoms with E-state index in [4.69, 9.17) is 4.74 Å². The molecule has 3 aromatic rings. The van der Waals surface area contributed by atoms with Crippen molar-refractivity contribution in [3.8, 4) is 0 Å². The number of aromatic nitrogens is 4. The maximum absolute atomic E-state index is 10.2. The van der Waals surface area contributed by atoms with Gasteiger partial charge in [0.15, 0.2) is 23.2 Å². The third-order valence-electron chi connectivity index (χ3n) is 4.46. The van der Waals surface area contributed by atoms with Crippen LogP contribution >= 0.6 is 11.3 Å². The molecule has 1 aliphatic rings. The lowest BCUT2D eigenvalue weighted by molar-refractivity contribution is -0.0486. The van der Waals surface area contributed by atoms with Crippen LogP contribution in [0, 0.1) is 6.92 Å². The topological polar surface area (TPSA) is 105 Å². The molecule has 26 heavy (non-hydrogen) atoms. The fourth-order valence-electron chi connectivity index (χ4n) is 3.19. The van der Waals surface area contributed by atoms with Gasteiger partial charge in [-0.3, -0.25) is 4.57 Å². The van der Waals surface area contributed by atoms with Crippen LogP contribution in [-0.2, 0) is 11.2 Å². The number of hydrogen-bond acceptors (Lipinski definition) is 8. The van der Waals surface area contributed by atoms with E-state index in [0.717, 1.165) is 13.0 Å². The number of anilines is 1. The molecule has 0 bridgehead atoms. The molecule has 0 amide bonds. The number of rotatable bonds is 6. The Balaban J connectivity index is 1.51. The van der Waals surface area contributed by atoms with Gasteiger partial charge in [-0.2, -0.15) is 0 Å². The summed E-state index contributed by atoms with van der Waals surface area (Å²) in [7, 11) is 0. The van der Waals surface area contributed by atoms with E-state index < -0.39 is 12.3 Å². The number of aliphatic hydroxyl groups excluding tert-OH is 2. The minimum absolute atomic E-state index is 0.121. The Morgan fingerprint density at radius 1 is 1.35 bits per heavy atom. The van der Waals surface area contributed by atoms with Gasteiger partial charge in [-0.05, 0) is 25.5 Å². The summed E-state index contributed by atoms with van der Waals surface area (Å²) in [6.07, 6.45) is 2.68. The van der Waals surface area contributed by atoms with Crippen molar-refractivity contribution < 1.29 is 14.9 Å². The summed E-state index contributed by atoms with van der Waals surface area (Å²) >= 11 is 1.79. The summed E-state index contributed by atoms with van der Waals surface area (Å²) in [4.78, 5) is 15.6. The molecule has 8 nitrogen and oxygen atoms in total. The lowest BCUT2D eigenvalue weighted by Crippen LogP contribution is -2.19. The highest BCUT2D eigenvalue weighted by Gasteiger charge is 2.35. The van der Waals surface area contributed by atoms with Crippen LogP contribution in [0.5, 0.6) is 0 Å². The second-order valence-corrected chi connectivity index (χ2v) is 7.74. The number of nitrogens with zero attached hydrogens (tertiary/aromatic N) is 4. The highest BCUT2D eigenvalue weighted by atomic mass is 32.1. The predicted molar refractivity (Wildman–Crippen MR) is 98.2 cm³/mol. The second kappa shape index (κ2) is 7.28. The molecule has 138 valence electrons. The zero-order valence-corrected chi connectivity index (χ0v) is 15.2. The number of aliphatic hydroxyl groups is 2. The quantitative estimate of drug-likeness (QED) is 0.599. The van der Waals surface area contributed by atoms with Crippen molar-refractivity contribution in [2.75, 3.05) is 18.5 Å². The summed E-state index contributed by atoms with van der Waals surface area (Å²) in [5.41, 5.74) is 1.23. The van der Waals surface area contributed by atoms with Crippen molar-refractivity contribution in [2.24, 2.45) is 0 Å². The number of imidazole rings is 1. The Hall–Kier alpha value is -2.07. The van der Waals surface area contributed by atoms with Crippen LogP contribution in [0.25, 0.3) is 11.2 Å². The Morgan fingerprint density at radius 2 is 2.23 bits per heavy atom. The van der Waals surface area contributed by atoms with E-state index in [-0.39, 0.29) is 12.7 Å². The van der Waals surface area contributed by atoms with Gasteiger partial charge in [-0.1, -0.05) is 0 Å². The summed E-state index contributed by atoms with van der Waals surface area (Å²) in [5.74, 6) is 0.660. The van der Waals surface area contributed by atoms with Gasteiger partial charge < -0.3 is 20.3 Å². The van der Waals surface area contributed by atoms with E-state index in [1.807, 2.05) is 0 Å². The summed E-state index contributed by atoms with van der Waals surface area (Å²) in [6.45, 7) is 2.72. The van der Waals surface area contributed by atoms with Crippen LogP contribution < -0.4 is 5.32 Å². The smallest absolute Gasteiger partial charge is 0.167 e. The summed E-state index contributed by atoms with van der Waals surface area (Å²) in [5, 5.41) is 22.8. The normalized spacial score (nSPS) is 23.0. The lowest BCUT2D eigenvalue weighted by atomic mass is 10.2. The third kappa shape index (κ3) is 3.30. The molecule has 0 saturated carbocycles. The number of thiophene rings is 1. The fraction of sp³-hybridized carbons (Fsp3) is 0.471. The molecule has 0 aliphatic carbocycles.